The molecule has 1 aliphatic carbocycles. The third-order valence-corrected chi connectivity index (χ3v) is 5.90. The normalized spacial score (nSPS) is 18.4. The summed E-state index contributed by atoms with van der Waals surface area (Å²) in [5.74, 6) is -1.47. The lowest BCUT2D eigenvalue weighted by molar-refractivity contribution is -0.120. The lowest BCUT2D eigenvalue weighted by Crippen LogP contribution is -2.54. The van der Waals surface area contributed by atoms with Gasteiger partial charge < -0.3 is 10.6 Å². The molecule has 1 aromatic rings. The lowest BCUT2D eigenvalue weighted by atomic mass is 9.62. The van der Waals surface area contributed by atoms with Gasteiger partial charge in [0.05, 0.1) is 11.7 Å². The predicted molar refractivity (Wildman–Crippen MR) is 121 cm³/mol. The number of anilines is 1. The van der Waals surface area contributed by atoms with Crippen molar-refractivity contribution in [2.75, 3.05) is 5.32 Å². The molecular formula is C24H39FN2O3. The standard InChI is InChI=1S/C20H27FN2O3.2C2H6/c1-10-13-9-19(4,5)20(6,7)18(23-12(3)25)17(26)16(13)15(8-14(10)21)22-11(2)24;2*1-2/h8,18H,9H2,1-7H3,(H,22,24)(H,23,25);2*1-2H3. The highest BCUT2D eigenvalue weighted by Gasteiger charge is 2.50. The maximum absolute atomic E-state index is 14.5. The molecule has 0 heterocycles. The molecule has 1 unspecified atom stereocenters. The number of hydrogen-bond donors (Lipinski definition) is 2. The number of benzene rings is 1. The minimum atomic E-state index is -0.784. The molecular weight excluding hydrogens is 383 g/mol. The van der Waals surface area contributed by atoms with E-state index >= 15 is 0 Å². The molecule has 0 radical (unpaired) electrons. The lowest BCUT2D eigenvalue weighted by Gasteiger charge is -2.44. The first-order valence-electron chi connectivity index (χ1n) is 10.7. The Labute approximate surface area is 181 Å². The number of ketones is 1. The van der Waals surface area contributed by atoms with Gasteiger partial charge >= 0.3 is 0 Å². The van der Waals surface area contributed by atoms with Crippen molar-refractivity contribution in [3.8, 4) is 0 Å². The van der Waals surface area contributed by atoms with Crippen LogP contribution in [0.3, 0.4) is 0 Å². The molecule has 170 valence electrons. The van der Waals surface area contributed by atoms with Gasteiger partial charge in [0.2, 0.25) is 11.8 Å². The summed E-state index contributed by atoms with van der Waals surface area (Å²) in [6.07, 6.45) is 0.452. The Bertz CT molecular complexity index is 798. The van der Waals surface area contributed by atoms with E-state index < -0.39 is 22.7 Å². The fourth-order valence-corrected chi connectivity index (χ4v) is 3.57. The minimum absolute atomic E-state index is 0.157. The Morgan fingerprint density at radius 1 is 1.03 bits per heavy atom. The molecule has 0 bridgehead atoms. The summed E-state index contributed by atoms with van der Waals surface area (Å²) in [5.41, 5.74) is 0.429. The van der Waals surface area contributed by atoms with Crippen LogP contribution in [0, 0.1) is 23.6 Å². The molecule has 0 saturated carbocycles. The Morgan fingerprint density at radius 2 is 1.53 bits per heavy atom. The van der Waals surface area contributed by atoms with Gasteiger partial charge in [0.25, 0.3) is 0 Å². The smallest absolute Gasteiger partial charge is 0.221 e. The van der Waals surface area contributed by atoms with E-state index in [2.05, 4.69) is 10.6 Å². The molecule has 0 spiro atoms. The Hall–Kier alpha value is -2.24. The van der Waals surface area contributed by atoms with Gasteiger partial charge in [0, 0.05) is 19.4 Å². The summed E-state index contributed by atoms with van der Waals surface area (Å²) in [6.45, 7) is 20.2. The van der Waals surface area contributed by atoms with Crippen LogP contribution in [0.15, 0.2) is 6.07 Å². The van der Waals surface area contributed by atoms with Crippen molar-refractivity contribution in [2.24, 2.45) is 10.8 Å². The van der Waals surface area contributed by atoms with Crippen molar-refractivity contribution in [2.45, 2.75) is 88.6 Å². The van der Waals surface area contributed by atoms with Crippen LogP contribution in [0.1, 0.15) is 90.7 Å². The van der Waals surface area contributed by atoms with Crippen LogP contribution in [0.5, 0.6) is 0 Å². The zero-order chi connectivity index (χ0) is 24.0. The van der Waals surface area contributed by atoms with Gasteiger partial charge in [-0.2, -0.15) is 0 Å². The summed E-state index contributed by atoms with van der Waals surface area (Å²) < 4.78 is 14.5. The number of carbonyl (C=O) groups excluding carboxylic acids is 3. The minimum Gasteiger partial charge on any atom is -0.346 e. The summed E-state index contributed by atoms with van der Waals surface area (Å²) in [5, 5.41) is 5.35. The number of hydrogen-bond acceptors (Lipinski definition) is 3. The largest absolute Gasteiger partial charge is 0.346 e. The van der Waals surface area contributed by atoms with Gasteiger partial charge in [-0.15, -0.1) is 0 Å². The second-order valence-corrected chi connectivity index (χ2v) is 8.35. The average molecular weight is 423 g/mol. The molecule has 5 nitrogen and oxygen atoms in total. The van der Waals surface area contributed by atoms with E-state index in [4.69, 9.17) is 0 Å². The second kappa shape index (κ2) is 10.7. The quantitative estimate of drug-likeness (QED) is 0.623. The van der Waals surface area contributed by atoms with Gasteiger partial charge in [0.1, 0.15) is 5.82 Å². The Morgan fingerprint density at radius 3 is 1.97 bits per heavy atom. The zero-order valence-electron chi connectivity index (χ0n) is 20.5. The number of amides is 2. The number of Topliss-reactive ketones (excluding diaryl/α,β-unsaturated/α-hetero) is 1. The average Bonchev–Trinajstić information content (AvgIpc) is 2.70. The molecule has 30 heavy (non-hydrogen) atoms. The van der Waals surface area contributed by atoms with Crippen molar-refractivity contribution >= 4 is 23.3 Å². The number of rotatable bonds is 2. The van der Waals surface area contributed by atoms with E-state index in [0.717, 1.165) is 0 Å². The predicted octanol–water partition coefficient (Wildman–Crippen LogP) is 5.44. The van der Waals surface area contributed by atoms with E-state index in [1.165, 1.54) is 19.9 Å². The van der Waals surface area contributed by atoms with Gasteiger partial charge in [-0.05, 0) is 41.4 Å². The van der Waals surface area contributed by atoms with Gasteiger partial charge in [-0.1, -0.05) is 55.4 Å². The van der Waals surface area contributed by atoms with Crippen molar-refractivity contribution in [1.82, 2.24) is 5.32 Å². The van der Waals surface area contributed by atoms with Crippen LogP contribution in [-0.4, -0.2) is 23.6 Å². The third kappa shape index (κ3) is 5.46. The van der Waals surface area contributed by atoms with E-state index in [1.54, 1.807) is 6.92 Å². The molecule has 0 saturated heterocycles. The molecule has 0 aromatic heterocycles. The first-order chi connectivity index (χ1) is 13.8. The molecule has 2 N–H and O–H groups in total. The first-order valence-corrected chi connectivity index (χ1v) is 10.7. The molecule has 1 aliphatic rings. The number of nitrogens with one attached hydrogen (secondary N) is 2. The number of carbonyl (C=O) groups is 3. The van der Waals surface area contributed by atoms with Gasteiger partial charge in [-0.25, -0.2) is 4.39 Å². The molecule has 0 fully saturated rings. The molecule has 6 heteroatoms. The van der Waals surface area contributed by atoms with Crippen molar-refractivity contribution in [3.05, 3.63) is 28.6 Å². The summed E-state index contributed by atoms with van der Waals surface area (Å²) in [7, 11) is 0. The number of fused-ring (bicyclic) bond motifs is 1. The van der Waals surface area contributed by atoms with Crippen LogP contribution in [0.4, 0.5) is 10.1 Å². The maximum Gasteiger partial charge on any atom is 0.221 e. The van der Waals surface area contributed by atoms with Gasteiger partial charge in [-0.3, -0.25) is 14.4 Å². The third-order valence-electron chi connectivity index (χ3n) is 5.90. The fourth-order valence-electron chi connectivity index (χ4n) is 3.57. The van der Waals surface area contributed by atoms with Crippen LogP contribution < -0.4 is 10.6 Å². The van der Waals surface area contributed by atoms with Crippen molar-refractivity contribution in [3.63, 3.8) is 0 Å². The fraction of sp³-hybridized carbons (Fsp3) is 0.625. The highest BCUT2D eigenvalue weighted by molar-refractivity contribution is 6.10. The zero-order valence-corrected chi connectivity index (χ0v) is 20.5. The van der Waals surface area contributed by atoms with Crippen LogP contribution in [0.25, 0.3) is 0 Å². The van der Waals surface area contributed by atoms with E-state index in [0.29, 0.717) is 17.5 Å². The highest BCUT2D eigenvalue weighted by atomic mass is 19.1. The SMILES string of the molecule is CC.CC.CC(=O)Nc1cc(F)c(C)c2c1C(=O)C(NC(C)=O)C(C)(C)C(C)(C)C2. The van der Waals surface area contributed by atoms with Crippen LogP contribution >= 0.6 is 0 Å². The monoisotopic (exact) mass is 422 g/mol. The van der Waals surface area contributed by atoms with Crippen LogP contribution in [-0.2, 0) is 16.0 Å². The maximum atomic E-state index is 14.5. The Balaban J connectivity index is 0.00000198. The van der Waals surface area contributed by atoms with E-state index in [-0.39, 0.29) is 28.8 Å². The topological polar surface area (TPSA) is 75.3 Å². The van der Waals surface area contributed by atoms with Gasteiger partial charge in [0.15, 0.2) is 5.78 Å². The van der Waals surface area contributed by atoms with Crippen molar-refractivity contribution in [1.29, 1.82) is 0 Å². The summed E-state index contributed by atoms with van der Waals surface area (Å²) in [4.78, 5) is 36.8. The highest BCUT2D eigenvalue weighted by Crippen LogP contribution is 2.49. The van der Waals surface area contributed by atoms with E-state index in [1.807, 2.05) is 55.4 Å². The summed E-state index contributed by atoms with van der Waals surface area (Å²) >= 11 is 0. The molecule has 1 aromatic carbocycles. The van der Waals surface area contributed by atoms with Crippen molar-refractivity contribution < 1.29 is 18.8 Å². The second-order valence-electron chi connectivity index (χ2n) is 8.35. The molecule has 0 aliphatic heterocycles. The van der Waals surface area contributed by atoms with Crippen LogP contribution in [0.2, 0.25) is 0 Å². The molecule has 1 atom stereocenters. The number of halogens is 1. The molecule has 2 rings (SSSR count). The Kier molecular flexibility index (Phi) is 9.89. The summed E-state index contributed by atoms with van der Waals surface area (Å²) in [6, 6.07) is 0.400. The van der Waals surface area contributed by atoms with E-state index in [9.17, 15) is 18.8 Å². The first kappa shape index (κ1) is 27.8. The molecule has 2 amide bonds.